The second kappa shape index (κ2) is 3.53. The minimum absolute atomic E-state index is 0.186. The molecule has 0 aliphatic heterocycles. The van der Waals surface area contributed by atoms with E-state index in [0.717, 1.165) is 0 Å². The molecule has 0 bridgehead atoms. The summed E-state index contributed by atoms with van der Waals surface area (Å²) in [5.41, 5.74) is 1.33. The average Bonchev–Trinajstić information content (AvgIpc) is 2.65. The fraction of sp³-hybridized carbons (Fsp3) is 0.100. The second-order valence-electron chi connectivity index (χ2n) is 3.11. The van der Waals surface area contributed by atoms with Crippen molar-refractivity contribution in [3.05, 3.63) is 36.3 Å². The lowest BCUT2D eigenvalue weighted by molar-refractivity contribution is 0.0697. The SMILES string of the molecule is Cn1cc(-c2ncccc2C(=O)O)cn1. The highest BCUT2D eigenvalue weighted by molar-refractivity contribution is 5.94. The zero-order valence-corrected chi connectivity index (χ0v) is 8.08. The van der Waals surface area contributed by atoms with Gasteiger partial charge in [0.05, 0.1) is 17.5 Å². The van der Waals surface area contributed by atoms with Gasteiger partial charge in [0.15, 0.2) is 0 Å². The standard InChI is InChI=1S/C10H9N3O2/c1-13-6-7(5-12-13)9-8(10(14)15)3-2-4-11-9/h2-6H,1H3,(H,14,15). The lowest BCUT2D eigenvalue weighted by Gasteiger charge is -2.00. The summed E-state index contributed by atoms with van der Waals surface area (Å²) >= 11 is 0. The smallest absolute Gasteiger partial charge is 0.337 e. The highest BCUT2D eigenvalue weighted by atomic mass is 16.4. The average molecular weight is 203 g/mol. The molecule has 0 aliphatic rings. The number of hydrogen-bond acceptors (Lipinski definition) is 3. The first-order chi connectivity index (χ1) is 7.18. The van der Waals surface area contributed by atoms with E-state index in [9.17, 15) is 4.79 Å². The Morgan fingerprint density at radius 3 is 2.93 bits per heavy atom. The number of aryl methyl sites for hydroxylation is 1. The van der Waals surface area contributed by atoms with Crippen LogP contribution in [-0.2, 0) is 7.05 Å². The summed E-state index contributed by atoms with van der Waals surface area (Å²) in [6, 6.07) is 3.13. The van der Waals surface area contributed by atoms with Gasteiger partial charge in [-0.2, -0.15) is 5.10 Å². The maximum atomic E-state index is 10.9. The minimum atomic E-state index is -0.984. The molecule has 76 valence electrons. The van der Waals surface area contributed by atoms with E-state index in [1.807, 2.05) is 0 Å². The Morgan fingerprint density at radius 2 is 2.33 bits per heavy atom. The number of aromatic carboxylic acids is 1. The molecule has 0 amide bonds. The number of pyridine rings is 1. The summed E-state index contributed by atoms with van der Waals surface area (Å²) in [4.78, 5) is 15.0. The first-order valence-corrected chi connectivity index (χ1v) is 4.36. The highest BCUT2D eigenvalue weighted by Gasteiger charge is 2.13. The van der Waals surface area contributed by atoms with E-state index in [-0.39, 0.29) is 5.56 Å². The van der Waals surface area contributed by atoms with Crippen LogP contribution in [0.4, 0.5) is 0 Å². The zero-order chi connectivity index (χ0) is 10.8. The van der Waals surface area contributed by atoms with Crippen molar-refractivity contribution < 1.29 is 9.90 Å². The Kier molecular flexibility index (Phi) is 2.21. The molecule has 2 aromatic rings. The Morgan fingerprint density at radius 1 is 1.53 bits per heavy atom. The lowest BCUT2D eigenvalue weighted by atomic mass is 10.1. The van der Waals surface area contributed by atoms with Gasteiger partial charge in [0, 0.05) is 25.0 Å². The summed E-state index contributed by atoms with van der Waals surface area (Å²) < 4.78 is 1.61. The molecule has 2 aromatic heterocycles. The summed E-state index contributed by atoms with van der Waals surface area (Å²) in [6.07, 6.45) is 4.89. The summed E-state index contributed by atoms with van der Waals surface area (Å²) in [7, 11) is 1.77. The van der Waals surface area contributed by atoms with Crippen LogP contribution in [0.25, 0.3) is 11.3 Å². The quantitative estimate of drug-likeness (QED) is 0.795. The van der Waals surface area contributed by atoms with E-state index in [4.69, 9.17) is 5.11 Å². The molecular weight excluding hydrogens is 194 g/mol. The predicted octanol–water partition coefficient (Wildman–Crippen LogP) is 1.18. The lowest BCUT2D eigenvalue weighted by Crippen LogP contribution is -2.00. The van der Waals surface area contributed by atoms with E-state index < -0.39 is 5.97 Å². The number of aromatic nitrogens is 3. The first-order valence-electron chi connectivity index (χ1n) is 4.36. The molecule has 2 rings (SSSR count). The third-order valence-electron chi connectivity index (χ3n) is 2.02. The van der Waals surface area contributed by atoms with Crippen LogP contribution in [0.3, 0.4) is 0 Å². The molecule has 0 aliphatic carbocycles. The van der Waals surface area contributed by atoms with Crippen LogP contribution in [0.2, 0.25) is 0 Å². The van der Waals surface area contributed by atoms with Crippen molar-refractivity contribution in [3.8, 4) is 11.3 Å². The third-order valence-corrected chi connectivity index (χ3v) is 2.02. The Bertz CT molecular complexity index is 505. The largest absolute Gasteiger partial charge is 0.478 e. The van der Waals surface area contributed by atoms with Crippen molar-refractivity contribution in [2.45, 2.75) is 0 Å². The summed E-state index contributed by atoms with van der Waals surface area (Å²) in [5, 5.41) is 12.9. The number of carboxylic acid groups (broad SMARTS) is 1. The molecule has 0 saturated heterocycles. The molecule has 0 atom stereocenters. The first kappa shape index (κ1) is 9.39. The summed E-state index contributed by atoms with van der Waals surface area (Å²) in [5.74, 6) is -0.984. The van der Waals surface area contributed by atoms with Gasteiger partial charge in [-0.1, -0.05) is 0 Å². The van der Waals surface area contributed by atoms with Gasteiger partial charge in [0.1, 0.15) is 0 Å². The van der Waals surface area contributed by atoms with Crippen LogP contribution in [0.1, 0.15) is 10.4 Å². The number of hydrogen-bond donors (Lipinski definition) is 1. The molecule has 0 spiro atoms. The van der Waals surface area contributed by atoms with Crippen LogP contribution >= 0.6 is 0 Å². The maximum Gasteiger partial charge on any atom is 0.337 e. The number of rotatable bonds is 2. The zero-order valence-electron chi connectivity index (χ0n) is 8.08. The van der Waals surface area contributed by atoms with Crippen LogP contribution < -0.4 is 0 Å². The van der Waals surface area contributed by atoms with E-state index in [2.05, 4.69) is 10.1 Å². The normalized spacial score (nSPS) is 10.2. The van der Waals surface area contributed by atoms with Crippen molar-refractivity contribution in [2.24, 2.45) is 7.05 Å². The summed E-state index contributed by atoms with van der Waals surface area (Å²) in [6.45, 7) is 0. The topological polar surface area (TPSA) is 68.0 Å². The highest BCUT2D eigenvalue weighted by Crippen LogP contribution is 2.19. The van der Waals surface area contributed by atoms with E-state index in [1.54, 1.807) is 36.4 Å². The second-order valence-corrected chi connectivity index (χ2v) is 3.11. The predicted molar refractivity (Wildman–Crippen MR) is 53.4 cm³/mol. The third kappa shape index (κ3) is 1.71. The molecule has 5 nitrogen and oxygen atoms in total. The molecule has 0 aromatic carbocycles. The molecule has 1 N–H and O–H groups in total. The molecule has 5 heteroatoms. The van der Waals surface area contributed by atoms with Gasteiger partial charge < -0.3 is 5.11 Å². The number of nitrogens with zero attached hydrogens (tertiary/aromatic N) is 3. The number of carbonyl (C=O) groups is 1. The van der Waals surface area contributed by atoms with Gasteiger partial charge in [-0.25, -0.2) is 4.79 Å². The molecule has 15 heavy (non-hydrogen) atoms. The molecule has 0 unspecified atom stereocenters. The Labute approximate surface area is 86.0 Å². The van der Waals surface area contributed by atoms with Crippen LogP contribution in [-0.4, -0.2) is 25.8 Å². The van der Waals surface area contributed by atoms with Gasteiger partial charge in [-0.3, -0.25) is 9.67 Å². The van der Waals surface area contributed by atoms with Gasteiger partial charge in [0.25, 0.3) is 0 Å². The van der Waals surface area contributed by atoms with Crippen LogP contribution in [0.5, 0.6) is 0 Å². The molecule has 0 fully saturated rings. The van der Waals surface area contributed by atoms with Gasteiger partial charge in [-0.05, 0) is 12.1 Å². The Hall–Kier alpha value is -2.17. The van der Waals surface area contributed by atoms with E-state index in [0.29, 0.717) is 11.3 Å². The van der Waals surface area contributed by atoms with Gasteiger partial charge in [0.2, 0.25) is 0 Å². The monoisotopic (exact) mass is 203 g/mol. The van der Waals surface area contributed by atoms with E-state index >= 15 is 0 Å². The fourth-order valence-corrected chi connectivity index (χ4v) is 1.35. The van der Waals surface area contributed by atoms with Gasteiger partial charge in [-0.15, -0.1) is 0 Å². The number of carboxylic acids is 1. The van der Waals surface area contributed by atoms with Crippen LogP contribution in [0, 0.1) is 0 Å². The van der Waals surface area contributed by atoms with Crippen molar-refractivity contribution in [1.29, 1.82) is 0 Å². The van der Waals surface area contributed by atoms with E-state index in [1.165, 1.54) is 6.07 Å². The van der Waals surface area contributed by atoms with Crippen molar-refractivity contribution in [1.82, 2.24) is 14.8 Å². The van der Waals surface area contributed by atoms with Crippen molar-refractivity contribution >= 4 is 5.97 Å². The molecule has 0 saturated carbocycles. The molecule has 2 heterocycles. The van der Waals surface area contributed by atoms with Crippen molar-refractivity contribution in [2.75, 3.05) is 0 Å². The van der Waals surface area contributed by atoms with Gasteiger partial charge >= 0.3 is 5.97 Å². The molecule has 0 radical (unpaired) electrons. The van der Waals surface area contributed by atoms with Crippen LogP contribution in [0.15, 0.2) is 30.7 Å². The Balaban J connectivity index is 2.57. The minimum Gasteiger partial charge on any atom is -0.478 e. The molecular formula is C10H9N3O2. The fourth-order valence-electron chi connectivity index (χ4n) is 1.35. The van der Waals surface area contributed by atoms with Crippen molar-refractivity contribution in [3.63, 3.8) is 0 Å². The maximum absolute atomic E-state index is 10.9.